The zero-order valence-corrected chi connectivity index (χ0v) is 9.18. The van der Waals surface area contributed by atoms with E-state index in [1.54, 1.807) is 24.3 Å². The third-order valence-electron chi connectivity index (χ3n) is 2.14. The molecule has 2 rings (SSSR count). The summed E-state index contributed by atoms with van der Waals surface area (Å²) in [5.41, 5.74) is 0.657. The van der Waals surface area contributed by atoms with Gasteiger partial charge in [-0.05, 0) is 31.2 Å². The molecule has 0 N–H and O–H groups in total. The predicted molar refractivity (Wildman–Crippen MR) is 61.9 cm³/mol. The van der Waals surface area contributed by atoms with Crippen LogP contribution in [-0.2, 0) is 9.53 Å². The van der Waals surface area contributed by atoms with E-state index in [-0.39, 0.29) is 11.6 Å². The highest BCUT2D eigenvalue weighted by Crippen LogP contribution is 2.16. The van der Waals surface area contributed by atoms with Gasteiger partial charge in [0.15, 0.2) is 5.70 Å². The number of halogens is 1. The van der Waals surface area contributed by atoms with E-state index in [4.69, 9.17) is 4.74 Å². The maximum atomic E-state index is 13.0. The summed E-state index contributed by atoms with van der Waals surface area (Å²) in [6, 6.07) is 5.75. The minimum absolute atomic E-state index is 0.130. The van der Waals surface area contributed by atoms with Crippen molar-refractivity contribution >= 4 is 11.9 Å². The van der Waals surface area contributed by atoms with Gasteiger partial charge in [-0.2, -0.15) is 0 Å². The van der Waals surface area contributed by atoms with Crippen LogP contribution in [0.2, 0.25) is 0 Å². The molecule has 0 radical (unpaired) electrons. The molecule has 86 valence electrons. The summed E-state index contributed by atoms with van der Waals surface area (Å²) in [6.45, 7) is 1.83. The zero-order valence-electron chi connectivity index (χ0n) is 9.18. The number of ether oxygens (including phenoxy) is 1. The van der Waals surface area contributed by atoms with Crippen LogP contribution in [0.1, 0.15) is 12.5 Å². The summed E-state index contributed by atoms with van der Waals surface area (Å²) in [4.78, 5) is 15.4. The Labute approximate surface area is 97.9 Å². The topological polar surface area (TPSA) is 38.7 Å². The van der Waals surface area contributed by atoms with Crippen molar-refractivity contribution in [1.82, 2.24) is 0 Å². The molecule has 0 aromatic heterocycles. The summed E-state index contributed by atoms with van der Waals surface area (Å²) in [7, 11) is 0. The number of cyclic esters (lactones) is 1. The van der Waals surface area contributed by atoms with E-state index in [0.29, 0.717) is 5.56 Å². The summed E-state index contributed by atoms with van der Waals surface area (Å²) in [5, 5.41) is 0. The lowest BCUT2D eigenvalue weighted by atomic mass is 10.2. The first-order valence-corrected chi connectivity index (χ1v) is 5.10. The van der Waals surface area contributed by atoms with Gasteiger partial charge in [0, 0.05) is 5.56 Å². The Hall–Kier alpha value is -2.23. The molecule has 1 aliphatic heterocycles. The number of benzene rings is 1. The predicted octanol–water partition coefficient (Wildman–Crippen LogP) is 2.59. The zero-order chi connectivity index (χ0) is 12.3. The molecule has 1 aromatic rings. The van der Waals surface area contributed by atoms with Crippen molar-refractivity contribution < 1.29 is 13.9 Å². The number of carbonyl (C=O) groups excluding carboxylic acids is 1. The molecule has 3 nitrogen and oxygen atoms in total. The average Bonchev–Trinajstić information content (AvgIpc) is 2.68. The quantitative estimate of drug-likeness (QED) is 0.579. The molecular weight excluding hydrogens is 221 g/mol. The molecule has 1 heterocycles. The average molecular weight is 231 g/mol. The van der Waals surface area contributed by atoms with Crippen molar-refractivity contribution in [1.29, 1.82) is 0 Å². The molecule has 0 saturated carbocycles. The van der Waals surface area contributed by atoms with E-state index in [1.165, 1.54) is 18.2 Å². The minimum Gasteiger partial charge on any atom is -0.402 e. The maximum Gasteiger partial charge on any atom is 0.363 e. The molecule has 0 fully saturated rings. The van der Waals surface area contributed by atoms with Gasteiger partial charge < -0.3 is 4.74 Å². The highest BCUT2D eigenvalue weighted by atomic mass is 19.1. The van der Waals surface area contributed by atoms with E-state index in [9.17, 15) is 9.18 Å². The van der Waals surface area contributed by atoms with E-state index in [0.717, 1.165) is 0 Å². The van der Waals surface area contributed by atoms with E-state index in [1.807, 2.05) is 6.92 Å². The Kier molecular flexibility index (Phi) is 3.14. The summed E-state index contributed by atoms with van der Waals surface area (Å²) < 4.78 is 18.0. The first kappa shape index (κ1) is 11.3. The smallest absolute Gasteiger partial charge is 0.363 e. The minimum atomic E-state index is -0.526. The van der Waals surface area contributed by atoms with Crippen molar-refractivity contribution in [3.63, 3.8) is 0 Å². The Morgan fingerprint density at radius 1 is 1.41 bits per heavy atom. The van der Waals surface area contributed by atoms with Gasteiger partial charge in [0.05, 0.1) is 0 Å². The van der Waals surface area contributed by atoms with E-state index >= 15 is 0 Å². The number of carbonyl (C=O) groups is 1. The SMILES string of the molecule is C/C=C/C=C1\N=C(c2cccc(F)c2)OC1=O. The lowest BCUT2D eigenvalue weighted by molar-refractivity contribution is -0.130. The molecule has 0 bridgehead atoms. The monoisotopic (exact) mass is 231 g/mol. The summed E-state index contributed by atoms with van der Waals surface area (Å²) in [6.07, 6.45) is 5.01. The van der Waals surface area contributed by atoms with Gasteiger partial charge in [-0.1, -0.05) is 18.2 Å². The van der Waals surface area contributed by atoms with Crippen LogP contribution in [0.3, 0.4) is 0 Å². The van der Waals surface area contributed by atoms with Gasteiger partial charge in [0.2, 0.25) is 5.90 Å². The molecule has 0 unspecified atom stereocenters. The van der Waals surface area contributed by atoms with Crippen molar-refractivity contribution in [2.24, 2.45) is 4.99 Å². The Balaban J connectivity index is 2.33. The maximum absolute atomic E-state index is 13.0. The fourth-order valence-electron chi connectivity index (χ4n) is 1.36. The number of aliphatic imine (C=N–C) groups is 1. The van der Waals surface area contributed by atoms with Crippen molar-refractivity contribution in [3.8, 4) is 0 Å². The fourth-order valence-corrected chi connectivity index (χ4v) is 1.36. The normalized spacial score (nSPS) is 17.6. The van der Waals surface area contributed by atoms with Gasteiger partial charge >= 0.3 is 5.97 Å². The molecule has 0 spiro atoms. The fraction of sp³-hybridized carbons (Fsp3) is 0.0769. The number of nitrogens with zero attached hydrogens (tertiary/aromatic N) is 1. The number of esters is 1. The Bertz CT molecular complexity index is 544. The van der Waals surface area contributed by atoms with Gasteiger partial charge in [-0.25, -0.2) is 14.2 Å². The number of hydrogen-bond donors (Lipinski definition) is 0. The third kappa shape index (κ3) is 2.47. The molecule has 0 atom stereocenters. The van der Waals surface area contributed by atoms with Gasteiger partial charge in [0.25, 0.3) is 0 Å². The van der Waals surface area contributed by atoms with Gasteiger partial charge in [-0.15, -0.1) is 0 Å². The van der Waals surface area contributed by atoms with Crippen LogP contribution in [0.5, 0.6) is 0 Å². The Morgan fingerprint density at radius 3 is 2.94 bits per heavy atom. The lowest BCUT2D eigenvalue weighted by Crippen LogP contribution is -2.05. The second-order valence-corrected chi connectivity index (χ2v) is 3.39. The standard InChI is InChI=1S/C13H10FNO2/c1-2-3-7-11-13(16)17-12(15-11)9-5-4-6-10(14)8-9/h2-8H,1H3/b3-2+,11-7-. The first-order chi connectivity index (χ1) is 8.20. The van der Waals surface area contributed by atoms with Crippen molar-refractivity contribution in [3.05, 3.63) is 59.6 Å². The van der Waals surface area contributed by atoms with Gasteiger partial charge in [0.1, 0.15) is 5.82 Å². The summed E-state index contributed by atoms with van der Waals surface area (Å²) in [5.74, 6) is -0.792. The molecule has 17 heavy (non-hydrogen) atoms. The Morgan fingerprint density at radius 2 is 2.24 bits per heavy atom. The molecule has 1 aliphatic rings. The van der Waals surface area contributed by atoms with Crippen LogP contribution >= 0.6 is 0 Å². The van der Waals surface area contributed by atoms with Gasteiger partial charge in [-0.3, -0.25) is 0 Å². The number of rotatable bonds is 2. The van der Waals surface area contributed by atoms with Crippen molar-refractivity contribution in [2.75, 3.05) is 0 Å². The number of hydrogen-bond acceptors (Lipinski definition) is 3. The largest absolute Gasteiger partial charge is 0.402 e. The van der Waals surface area contributed by atoms with E-state index < -0.39 is 11.8 Å². The van der Waals surface area contributed by atoms with Crippen LogP contribution in [0.15, 0.2) is 53.2 Å². The second kappa shape index (κ2) is 4.74. The molecular formula is C13H10FNO2. The number of allylic oxidation sites excluding steroid dienone is 3. The van der Waals surface area contributed by atoms with Crippen LogP contribution in [0.4, 0.5) is 4.39 Å². The molecule has 4 heteroatoms. The molecule has 0 aliphatic carbocycles. The summed E-state index contributed by atoms with van der Waals surface area (Å²) >= 11 is 0. The van der Waals surface area contributed by atoms with Crippen LogP contribution in [-0.4, -0.2) is 11.9 Å². The highest BCUT2D eigenvalue weighted by Gasteiger charge is 2.23. The first-order valence-electron chi connectivity index (χ1n) is 5.10. The van der Waals surface area contributed by atoms with Crippen LogP contribution in [0, 0.1) is 5.82 Å². The third-order valence-corrected chi connectivity index (χ3v) is 2.14. The second-order valence-electron chi connectivity index (χ2n) is 3.39. The highest BCUT2D eigenvalue weighted by molar-refractivity contribution is 6.11. The van der Waals surface area contributed by atoms with E-state index in [2.05, 4.69) is 4.99 Å². The molecule has 1 aromatic carbocycles. The lowest BCUT2D eigenvalue weighted by Gasteiger charge is -1.98. The van der Waals surface area contributed by atoms with Crippen molar-refractivity contribution in [2.45, 2.75) is 6.92 Å². The van der Waals surface area contributed by atoms with Crippen LogP contribution < -0.4 is 0 Å². The van der Waals surface area contributed by atoms with Crippen LogP contribution in [0.25, 0.3) is 0 Å². The molecule has 0 amide bonds. The molecule has 0 saturated heterocycles.